The lowest BCUT2D eigenvalue weighted by atomic mass is 10.1. The van der Waals surface area contributed by atoms with Gasteiger partial charge >= 0.3 is 0 Å². The minimum absolute atomic E-state index is 0.154. The second kappa shape index (κ2) is 8.54. The maximum absolute atomic E-state index is 12.0. The van der Waals surface area contributed by atoms with Gasteiger partial charge in [-0.1, -0.05) is 16.9 Å². The summed E-state index contributed by atoms with van der Waals surface area (Å²) in [6.45, 7) is 0.257. The maximum atomic E-state index is 12.0. The normalized spacial score (nSPS) is 10.6. The molecule has 0 bridgehead atoms. The second-order valence-corrected chi connectivity index (χ2v) is 6.35. The summed E-state index contributed by atoms with van der Waals surface area (Å²) in [6, 6.07) is 7.20. The van der Waals surface area contributed by atoms with Gasteiger partial charge in [0.2, 0.25) is 11.1 Å². The van der Waals surface area contributed by atoms with Gasteiger partial charge in [-0.05, 0) is 28.6 Å². The van der Waals surface area contributed by atoms with Gasteiger partial charge in [0.25, 0.3) is 0 Å². The molecule has 10 nitrogen and oxygen atoms in total. The van der Waals surface area contributed by atoms with E-state index in [-0.39, 0.29) is 18.2 Å². The first-order chi connectivity index (χ1) is 13.1. The molecule has 2 aromatic heterocycles. The fourth-order valence-corrected chi connectivity index (χ4v) is 2.91. The number of hydrogen-bond donors (Lipinski definition) is 1. The van der Waals surface area contributed by atoms with Crippen LogP contribution in [0.3, 0.4) is 0 Å². The SMILES string of the molecule is COc1ccc(-c2cc(CNC(=O)CSc3nnnn3C)no2)cc1OC. The Labute approximate surface area is 159 Å². The molecule has 0 saturated heterocycles. The minimum atomic E-state index is -0.154. The Hall–Kier alpha value is -3.08. The Bertz CT molecular complexity index is 925. The summed E-state index contributed by atoms with van der Waals surface area (Å²) in [6.07, 6.45) is 0. The number of tetrazole rings is 1. The first kappa shape index (κ1) is 18.7. The zero-order valence-electron chi connectivity index (χ0n) is 15.0. The summed E-state index contributed by atoms with van der Waals surface area (Å²) in [5, 5.41) is 18.4. The third-order valence-electron chi connectivity index (χ3n) is 3.61. The molecule has 142 valence electrons. The van der Waals surface area contributed by atoms with Crippen molar-refractivity contribution in [2.45, 2.75) is 11.7 Å². The van der Waals surface area contributed by atoms with E-state index in [1.807, 2.05) is 6.07 Å². The van der Waals surface area contributed by atoms with Gasteiger partial charge < -0.3 is 19.3 Å². The number of benzene rings is 1. The molecular formula is C16H18N6O4S. The van der Waals surface area contributed by atoms with Crippen LogP contribution in [0.15, 0.2) is 33.9 Å². The van der Waals surface area contributed by atoms with Gasteiger partial charge in [-0.15, -0.1) is 5.10 Å². The van der Waals surface area contributed by atoms with Crippen LogP contribution in [0, 0.1) is 0 Å². The largest absolute Gasteiger partial charge is 0.493 e. The number of carbonyl (C=O) groups excluding carboxylic acids is 1. The predicted octanol–water partition coefficient (Wildman–Crippen LogP) is 1.29. The van der Waals surface area contributed by atoms with E-state index in [2.05, 4.69) is 26.0 Å². The van der Waals surface area contributed by atoms with E-state index in [9.17, 15) is 4.79 Å². The molecule has 0 saturated carbocycles. The minimum Gasteiger partial charge on any atom is -0.493 e. The van der Waals surface area contributed by atoms with Gasteiger partial charge in [-0.3, -0.25) is 4.79 Å². The number of nitrogens with one attached hydrogen (secondary N) is 1. The van der Waals surface area contributed by atoms with E-state index in [4.69, 9.17) is 14.0 Å². The Kier molecular flexibility index (Phi) is 5.91. The van der Waals surface area contributed by atoms with Crippen LogP contribution in [0.25, 0.3) is 11.3 Å². The fourth-order valence-electron chi connectivity index (χ4n) is 2.23. The van der Waals surface area contributed by atoms with Gasteiger partial charge in [0.1, 0.15) is 5.69 Å². The van der Waals surface area contributed by atoms with E-state index >= 15 is 0 Å². The lowest BCUT2D eigenvalue weighted by Gasteiger charge is -2.07. The number of aromatic nitrogens is 5. The van der Waals surface area contributed by atoms with Crippen molar-refractivity contribution < 1.29 is 18.8 Å². The van der Waals surface area contributed by atoms with E-state index in [0.29, 0.717) is 28.1 Å². The molecule has 0 atom stereocenters. The highest BCUT2D eigenvalue weighted by Crippen LogP contribution is 2.32. The molecule has 11 heteroatoms. The zero-order valence-corrected chi connectivity index (χ0v) is 15.8. The summed E-state index contributed by atoms with van der Waals surface area (Å²) < 4.78 is 17.4. The summed E-state index contributed by atoms with van der Waals surface area (Å²) in [7, 11) is 4.86. The van der Waals surface area contributed by atoms with E-state index in [1.54, 1.807) is 39.5 Å². The van der Waals surface area contributed by atoms with Crippen molar-refractivity contribution in [2.24, 2.45) is 7.05 Å². The van der Waals surface area contributed by atoms with Crippen molar-refractivity contribution in [3.63, 3.8) is 0 Å². The molecule has 1 amide bonds. The Morgan fingerprint density at radius 1 is 1.26 bits per heavy atom. The molecule has 0 aliphatic heterocycles. The van der Waals surface area contributed by atoms with Crippen molar-refractivity contribution in [3.05, 3.63) is 30.0 Å². The monoisotopic (exact) mass is 390 g/mol. The number of rotatable bonds is 8. The van der Waals surface area contributed by atoms with Crippen LogP contribution in [0.2, 0.25) is 0 Å². The van der Waals surface area contributed by atoms with Gasteiger partial charge in [-0.2, -0.15) is 0 Å². The van der Waals surface area contributed by atoms with Crippen molar-refractivity contribution >= 4 is 17.7 Å². The van der Waals surface area contributed by atoms with Crippen LogP contribution in [0.4, 0.5) is 0 Å². The molecule has 3 aromatic rings. The average Bonchev–Trinajstić information content (AvgIpc) is 3.33. The molecule has 0 radical (unpaired) electrons. The topological polar surface area (TPSA) is 117 Å². The molecule has 2 heterocycles. The summed E-state index contributed by atoms with van der Waals surface area (Å²) in [5.74, 6) is 1.84. The van der Waals surface area contributed by atoms with E-state index < -0.39 is 0 Å². The smallest absolute Gasteiger partial charge is 0.230 e. The summed E-state index contributed by atoms with van der Waals surface area (Å²) >= 11 is 1.25. The quantitative estimate of drug-likeness (QED) is 0.568. The van der Waals surface area contributed by atoms with Gasteiger partial charge in [0.15, 0.2) is 17.3 Å². The number of nitrogens with zero attached hydrogens (tertiary/aromatic N) is 5. The number of methoxy groups -OCH3 is 2. The molecule has 3 rings (SSSR count). The average molecular weight is 390 g/mol. The Morgan fingerprint density at radius 3 is 2.78 bits per heavy atom. The number of carbonyl (C=O) groups is 1. The molecule has 0 unspecified atom stereocenters. The molecule has 0 fully saturated rings. The highest BCUT2D eigenvalue weighted by molar-refractivity contribution is 7.99. The first-order valence-electron chi connectivity index (χ1n) is 7.90. The third kappa shape index (κ3) is 4.56. The molecule has 1 N–H and O–H groups in total. The number of amides is 1. The Balaban J connectivity index is 1.56. The number of thioether (sulfide) groups is 1. The van der Waals surface area contributed by atoms with Crippen LogP contribution >= 0.6 is 11.8 Å². The van der Waals surface area contributed by atoms with Crippen molar-refractivity contribution in [3.8, 4) is 22.8 Å². The second-order valence-electron chi connectivity index (χ2n) is 5.40. The summed E-state index contributed by atoms with van der Waals surface area (Å²) in [5.41, 5.74) is 1.40. The lowest BCUT2D eigenvalue weighted by Crippen LogP contribution is -2.24. The molecule has 0 spiro atoms. The van der Waals surface area contributed by atoms with Crippen LogP contribution in [-0.2, 0) is 18.4 Å². The highest BCUT2D eigenvalue weighted by atomic mass is 32.2. The standard InChI is InChI=1S/C16H18N6O4S/c1-22-16(18-20-21-22)27-9-15(23)17-8-11-7-13(26-19-11)10-4-5-12(24-2)14(6-10)25-3/h4-7H,8-9H2,1-3H3,(H,17,23). The fraction of sp³-hybridized carbons (Fsp3) is 0.312. The van der Waals surface area contributed by atoms with E-state index in [1.165, 1.54) is 16.4 Å². The van der Waals surface area contributed by atoms with Gasteiger partial charge in [-0.25, -0.2) is 4.68 Å². The van der Waals surface area contributed by atoms with E-state index in [0.717, 1.165) is 5.56 Å². The number of ether oxygens (including phenoxy) is 2. The van der Waals surface area contributed by atoms with Crippen molar-refractivity contribution in [1.29, 1.82) is 0 Å². The van der Waals surface area contributed by atoms with Crippen LogP contribution < -0.4 is 14.8 Å². The van der Waals surface area contributed by atoms with Crippen molar-refractivity contribution in [2.75, 3.05) is 20.0 Å². The molecule has 0 aliphatic rings. The molecular weight excluding hydrogens is 372 g/mol. The number of aryl methyl sites for hydroxylation is 1. The predicted molar refractivity (Wildman–Crippen MR) is 96.4 cm³/mol. The number of hydrogen-bond acceptors (Lipinski definition) is 9. The van der Waals surface area contributed by atoms with Crippen LogP contribution in [0.1, 0.15) is 5.69 Å². The van der Waals surface area contributed by atoms with Crippen molar-refractivity contribution in [1.82, 2.24) is 30.7 Å². The molecule has 1 aromatic carbocycles. The summed E-state index contributed by atoms with van der Waals surface area (Å²) in [4.78, 5) is 12.0. The molecule has 27 heavy (non-hydrogen) atoms. The lowest BCUT2D eigenvalue weighted by molar-refractivity contribution is -0.118. The zero-order chi connectivity index (χ0) is 19.2. The Morgan fingerprint density at radius 2 is 2.07 bits per heavy atom. The maximum Gasteiger partial charge on any atom is 0.230 e. The van der Waals surface area contributed by atoms with Crippen LogP contribution in [0.5, 0.6) is 11.5 Å². The van der Waals surface area contributed by atoms with Gasteiger partial charge in [0.05, 0.1) is 26.5 Å². The van der Waals surface area contributed by atoms with Crippen LogP contribution in [-0.4, -0.2) is 51.2 Å². The molecule has 0 aliphatic carbocycles. The first-order valence-corrected chi connectivity index (χ1v) is 8.89. The van der Waals surface area contributed by atoms with Gasteiger partial charge in [0, 0.05) is 18.7 Å². The highest BCUT2D eigenvalue weighted by Gasteiger charge is 2.12. The third-order valence-corrected chi connectivity index (χ3v) is 4.62.